The van der Waals surface area contributed by atoms with Gasteiger partial charge in [-0.15, -0.1) is 0 Å². The van der Waals surface area contributed by atoms with Crippen LogP contribution in [0, 0.1) is 11.8 Å². The molecule has 6 rings (SSSR count). The van der Waals surface area contributed by atoms with Gasteiger partial charge in [-0.25, -0.2) is 0 Å². The van der Waals surface area contributed by atoms with Crippen molar-refractivity contribution in [2.24, 2.45) is 11.8 Å². The molecule has 2 heteroatoms. The van der Waals surface area contributed by atoms with Gasteiger partial charge >= 0.3 is 0 Å². The first-order valence-electron chi connectivity index (χ1n) is 13.2. The zero-order chi connectivity index (χ0) is 24.8. The minimum absolute atomic E-state index is 0.653. The number of para-hydroxylation sites is 2. The van der Waals surface area contributed by atoms with Crippen LogP contribution in [0.4, 0.5) is 0 Å². The van der Waals surface area contributed by atoms with Crippen LogP contribution in [0.1, 0.15) is 38.8 Å². The van der Waals surface area contributed by atoms with Crippen LogP contribution in [0.2, 0.25) is 0 Å². The molecular weight excluding hydrogens is 436 g/mol. The van der Waals surface area contributed by atoms with Crippen LogP contribution in [0.15, 0.2) is 97.1 Å². The summed E-state index contributed by atoms with van der Waals surface area (Å²) in [7, 11) is 0. The fourth-order valence-corrected chi connectivity index (χ4v) is 5.73. The summed E-state index contributed by atoms with van der Waals surface area (Å²) in [6, 6.07) is 36.0. The van der Waals surface area contributed by atoms with Gasteiger partial charge in [0.15, 0.2) is 0 Å². The van der Waals surface area contributed by atoms with E-state index >= 15 is 0 Å². The van der Waals surface area contributed by atoms with Gasteiger partial charge in [-0.1, -0.05) is 88.4 Å². The first kappa shape index (κ1) is 22.7. The van der Waals surface area contributed by atoms with E-state index in [4.69, 9.17) is 0 Å². The van der Waals surface area contributed by atoms with E-state index in [9.17, 15) is 0 Å². The lowest BCUT2D eigenvalue weighted by molar-refractivity contribution is 0.647. The van der Waals surface area contributed by atoms with Crippen LogP contribution in [0.5, 0.6) is 0 Å². The standard InChI is InChI=1S/C34H34N2/c1-23(2)21-25-13-17-27(18-14-25)35-31-11-7-5-9-29(31)34-33(35)30-10-6-8-12-32(30)36(34)28-19-15-26(16-20-28)22-24(3)4/h5-20,23-24H,21-22H2,1-4H3. The summed E-state index contributed by atoms with van der Waals surface area (Å²) in [6.07, 6.45) is 2.21. The van der Waals surface area contributed by atoms with Crippen LogP contribution in [-0.4, -0.2) is 9.13 Å². The molecule has 0 aliphatic rings. The monoisotopic (exact) mass is 470 g/mol. The zero-order valence-corrected chi connectivity index (χ0v) is 21.7. The number of nitrogens with zero attached hydrogens (tertiary/aromatic N) is 2. The van der Waals surface area contributed by atoms with Gasteiger partial charge in [0.2, 0.25) is 0 Å². The van der Waals surface area contributed by atoms with Crippen molar-refractivity contribution in [3.05, 3.63) is 108 Å². The van der Waals surface area contributed by atoms with Gasteiger partial charge in [-0.05, 0) is 72.2 Å². The van der Waals surface area contributed by atoms with Gasteiger partial charge in [0.1, 0.15) is 0 Å². The molecule has 0 saturated carbocycles. The van der Waals surface area contributed by atoms with Crippen LogP contribution >= 0.6 is 0 Å². The Bertz CT molecular complexity index is 1530. The molecule has 0 radical (unpaired) electrons. The van der Waals surface area contributed by atoms with E-state index in [2.05, 4.69) is 134 Å². The Kier molecular flexibility index (Phi) is 5.68. The fraction of sp³-hybridized carbons (Fsp3) is 0.235. The van der Waals surface area contributed by atoms with E-state index in [-0.39, 0.29) is 0 Å². The highest BCUT2D eigenvalue weighted by atomic mass is 15.1. The van der Waals surface area contributed by atoms with Gasteiger partial charge in [0.25, 0.3) is 0 Å². The van der Waals surface area contributed by atoms with Gasteiger partial charge in [0, 0.05) is 22.1 Å². The SMILES string of the molecule is CC(C)Cc1ccc(-n2c3ccccc3c3c2c2ccccc2n3-c2ccc(CC(C)C)cc2)cc1. The van der Waals surface area contributed by atoms with Crippen LogP contribution in [0.25, 0.3) is 44.2 Å². The quantitative estimate of drug-likeness (QED) is 0.230. The van der Waals surface area contributed by atoms with E-state index < -0.39 is 0 Å². The highest BCUT2D eigenvalue weighted by Crippen LogP contribution is 2.40. The number of hydrogen-bond acceptors (Lipinski definition) is 0. The summed E-state index contributed by atoms with van der Waals surface area (Å²) in [4.78, 5) is 0. The second kappa shape index (κ2) is 9.02. The predicted octanol–water partition coefficient (Wildman–Crippen LogP) is 9.12. The Morgan fingerprint density at radius 1 is 0.472 bits per heavy atom. The summed E-state index contributed by atoms with van der Waals surface area (Å²) < 4.78 is 4.91. The molecule has 0 unspecified atom stereocenters. The minimum atomic E-state index is 0.653. The van der Waals surface area contributed by atoms with Gasteiger partial charge in [0.05, 0.1) is 22.1 Å². The molecule has 2 aromatic heterocycles. The summed E-state index contributed by atoms with van der Waals surface area (Å²) in [6.45, 7) is 9.12. The van der Waals surface area contributed by atoms with E-state index in [1.807, 2.05) is 0 Å². The molecule has 180 valence electrons. The van der Waals surface area contributed by atoms with Crippen LogP contribution < -0.4 is 0 Å². The molecule has 0 amide bonds. The molecule has 2 heterocycles. The van der Waals surface area contributed by atoms with Gasteiger partial charge in [-0.3, -0.25) is 0 Å². The molecule has 0 aliphatic carbocycles. The Morgan fingerprint density at radius 3 is 1.19 bits per heavy atom. The van der Waals surface area contributed by atoms with Crippen molar-refractivity contribution in [1.29, 1.82) is 0 Å². The molecule has 4 aromatic carbocycles. The van der Waals surface area contributed by atoms with Crippen LogP contribution in [-0.2, 0) is 12.8 Å². The normalized spacial score (nSPS) is 12.1. The average Bonchev–Trinajstić information content (AvgIpc) is 3.37. The number of fused-ring (bicyclic) bond motifs is 5. The largest absolute Gasteiger partial charge is 0.307 e. The Hall–Kier alpha value is -3.78. The molecule has 0 N–H and O–H groups in total. The number of aromatic nitrogens is 2. The average molecular weight is 471 g/mol. The Balaban J connectivity index is 1.64. The smallest absolute Gasteiger partial charge is 0.0803 e. The Morgan fingerprint density at radius 2 is 0.833 bits per heavy atom. The number of hydrogen-bond donors (Lipinski definition) is 0. The van der Waals surface area contributed by atoms with Gasteiger partial charge in [-0.2, -0.15) is 0 Å². The molecule has 36 heavy (non-hydrogen) atoms. The van der Waals surface area contributed by atoms with E-state index in [1.54, 1.807) is 0 Å². The number of benzene rings is 4. The lowest BCUT2D eigenvalue weighted by Gasteiger charge is -2.11. The van der Waals surface area contributed by atoms with Crippen molar-refractivity contribution in [3.8, 4) is 11.4 Å². The molecule has 0 fully saturated rings. The van der Waals surface area contributed by atoms with E-state index in [0.29, 0.717) is 11.8 Å². The maximum absolute atomic E-state index is 2.45. The predicted molar refractivity (Wildman–Crippen MR) is 155 cm³/mol. The molecule has 0 spiro atoms. The third-order valence-electron chi connectivity index (χ3n) is 7.15. The topological polar surface area (TPSA) is 9.86 Å². The van der Waals surface area contributed by atoms with Crippen molar-refractivity contribution < 1.29 is 0 Å². The third kappa shape index (κ3) is 3.82. The summed E-state index contributed by atoms with van der Waals surface area (Å²) in [5.74, 6) is 1.31. The van der Waals surface area contributed by atoms with E-state index in [0.717, 1.165) is 12.8 Å². The first-order chi connectivity index (χ1) is 17.5. The molecule has 6 aromatic rings. The van der Waals surface area contributed by atoms with Crippen molar-refractivity contribution in [2.45, 2.75) is 40.5 Å². The van der Waals surface area contributed by atoms with E-state index in [1.165, 1.54) is 55.3 Å². The third-order valence-corrected chi connectivity index (χ3v) is 7.15. The maximum Gasteiger partial charge on any atom is 0.0803 e. The molecule has 0 atom stereocenters. The second-order valence-electron chi connectivity index (χ2n) is 10.9. The van der Waals surface area contributed by atoms with Crippen molar-refractivity contribution >= 4 is 32.8 Å². The van der Waals surface area contributed by atoms with Crippen molar-refractivity contribution in [2.75, 3.05) is 0 Å². The van der Waals surface area contributed by atoms with Gasteiger partial charge < -0.3 is 9.13 Å². The molecule has 2 nitrogen and oxygen atoms in total. The maximum atomic E-state index is 2.45. The summed E-state index contributed by atoms with van der Waals surface area (Å²) >= 11 is 0. The molecular formula is C34H34N2. The zero-order valence-electron chi connectivity index (χ0n) is 21.7. The van der Waals surface area contributed by atoms with Crippen molar-refractivity contribution in [1.82, 2.24) is 9.13 Å². The minimum Gasteiger partial charge on any atom is -0.307 e. The Labute approximate surface area is 213 Å². The second-order valence-corrected chi connectivity index (χ2v) is 10.9. The summed E-state index contributed by atoms with van der Waals surface area (Å²) in [5, 5.41) is 2.56. The first-order valence-corrected chi connectivity index (χ1v) is 13.2. The molecule has 0 bridgehead atoms. The highest BCUT2D eigenvalue weighted by Gasteiger charge is 2.21. The number of rotatable bonds is 6. The molecule has 0 saturated heterocycles. The van der Waals surface area contributed by atoms with Crippen molar-refractivity contribution in [3.63, 3.8) is 0 Å². The fourth-order valence-electron chi connectivity index (χ4n) is 5.73. The summed E-state index contributed by atoms with van der Waals surface area (Å²) in [5.41, 5.74) is 10.2. The highest BCUT2D eigenvalue weighted by molar-refractivity contribution is 6.19. The lowest BCUT2D eigenvalue weighted by atomic mass is 10.0. The lowest BCUT2D eigenvalue weighted by Crippen LogP contribution is -1.97. The molecule has 0 aliphatic heterocycles. The van der Waals surface area contributed by atoms with Crippen LogP contribution in [0.3, 0.4) is 0 Å².